The molecule has 8 heteroatoms. The van der Waals surface area contributed by atoms with E-state index in [1.165, 1.54) is 47.4 Å². The number of carbonyl (C=O) groups excluding carboxylic acids is 1. The Bertz CT molecular complexity index is 1160. The third-order valence-electron chi connectivity index (χ3n) is 4.46. The first-order valence-electron chi connectivity index (χ1n) is 9.05. The lowest BCUT2D eigenvalue weighted by molar-refractivity contribution is 0.0785. The lowest BCUT2D eigenvalue weighted by Crippen LogP contribution is -2.26. The molecule has 0 unspecified atom stereocenters. The van der Waals surface area contributed by atoms with Gasteiger partial charge in [-0.15, -0.1) is 0 Å². The van der Waals surface area contributed by atoms with Gasteiger partial charge in [0.05, 0.1) is 15.5 Å². The van der Waals surface area contributed by atoms with Crippen molar-refractivity contribution >= 4 is 33.2 Å². The first-order valence-corrected chi connectivity index (χ1v) is 10.9. The molecule has 0 aliphatic carbocycles. The van der Waals surface area contributed by atoms with E-state index in [-0.39, 0.29) is 39.4 Å². The molecule has 3 aromatic rings. The molecular weight excluding hydrogens is 427 g/mol. The number of carbonyl (C=O) groups is 1. The van der Waals surface area contributed by atoms with Gasteiger partial charge in [-0.05, 0) is 55.0 Å². The van der Waals surface area contributed by atoms with E-state index < -0.39 is 10.0 Å². The predicted molar refractivity (Wildman–Crippen MR) is 116 cm³/mol. The van der Waals surface area contributed by atoms with E-state index in [1.54, 1.807) is 31.3 Å². The minimum Gasteiger partial charge on any atom is -0.337 e. The first-order chi connectivity index (χ1) is 14.2. The zero-order chi connectivity index (χ0) is 21.9. The fourth-order valence-electron chi connectivity index (χ4n) is 2.83. The lowest BCUT2D eigenvalue weighted by atomic mass is 10.1. The second kappa shape index (κ2) is 8.85. The number of amides is 1. The number of nitrogens with one attached hydrogen (secondary N) is 1. The molecule has 3 rings (SSSR count). The highest BCUT2D eigenvalue weighted by molar-refractivity contribution is 7.92. The van der Waals surface area contributed by atoms with Crippen LogP contribution in [-0.4, -0.2) is 26.3 Å². The highest BCUT2D eigenvalue weighted by Crippen LogP contribution is 2.24. The van der Waals surface area contributed by atoms with Crippen LogP contribution in [0.1, 0.15) is 21.5 Å². The third-order valence-corrected chi connectivity index (χ3v) is 6.19. The number of rotatable bonds is 6. The molecule has 0 saturated carbocycles. The van der Waals surface area contributed by atoms with Gasteiger partial charge in [0.15, 0.2) is 0 Å². The van der Waals surface area contributed by atoms with Gasteiger partial charge in [-0.3, -0.25) is 9.52 Å². The number of aryl methyl sites for hydroxylation is 1. The molecule has 0 saturated heterocycles. The summed E-state index contributed by atoms with van der Waals surface area (Å²) in [4.78, 5) is 14.4. The van der Waals surface area contributed by atoms with Crippen molar-refractivity contribution in [3.8, 4) is 0 Å². The van der Waals surface area contributed by atoms with Gasteiger partial charge in [0, 0.05) is 19.3 Å². The molecule has 0 aliphatic heterocycles. The standard InChI is InChI=1S/C22H20ClFN2O3S/c1-15-3-10-19(11-4-15)30(28,29)25-18-9-12-21(23)20(13-18)22(27)26(2)14-16-5-7-17(24)8-6-16/h3-13,25H,14H2,1-2H3. The van der Waals surface area contributed by atoms with Gasteiger partial charge in [-0.1, -0.05) is 41.4 Å². The number of halogens is 2. The summed E-state index contributed by atoms with van der Waals surface area (Å²) < 4.78 is 40.8. The van der Waals surface area contributed by atoms with E-state index in [2.05, 4.69) is 4.72 Å². The summed E-state index contributed by atoms with van der Waals surface area (Å²) in [5.74, 6) is -0.745. The molecule has 0 fully saturated rings. The molecule has 156 valence electrons. The third kappa shape index (κ3) is 5.17. The van der Waals surface area contributed by atoms with Crippen LogP contribution in [0.15, 0.2) is 71.6 Å². The van der Waals surface area contributed by atoms with E-state index in [9.17, 15) is 17.6 Å². The van der Waals surface area contributed by atoms with Gasteiger partial charge in [-0.2, -0.15) is 0 Å². The largest absolute Gasteiger partial charge is 0.337 e. The molecule has 5 nitrogen and oxygen atoms in total. The molecular formula is C22H20ClFN2O3S. The number of sulfonamides is 1. The smallest absolute Gasteiger partial charge is 0.261 e. The Morgan fingerprint density at radius 3 is 2.30 bits per heavy atom. The minimum absolute atomic E-state index is 0.115. The van der Waals surface area contributed by atoms with Crippen LogP contribution in [0.4, 0.5) is 10.1 Å². The highest BCUT2D eigenvalue weighted by Gasteiger charge is 2.19. The second-order valence-electron chi connectivity index (χ2n) is 6.90. The number of anilines is 1. The fraction of sp³-hybridized carbons (Fsp3) is 0.136. The summed E-state index contributed by atoms with van der Waals surface area (Å²) >= 11 is 6.19. The number of benzene rings is 3. The Hall–Kier alpha value is -2.90. The molecule has 1 amide bonds. The molecule has 3 aromatic carbocycles. The van der Waals surface area contributed by atoms with E-state index >= 15 is 0 Å². The fourth-order valence-corrected chi connectivity index (χ4v) is 4.07. The van der Waals surface area contributed by atoms with Crippen molar-refractivity contribution in [2.75, 3.05) is 11.8 Å². The highest BCUT2D eigenvalue weighted by atomic mass is 35.5. The summed E-state index contributed by atoms with van der Waals surface area (Å²) in [6.07, 6.45) is 0. The predicted octanol–water partition coefficient (Wildman–Crippen LogP) is 4.86. The van der Waals surface area contributed by atoms with Gasteiger partial charge in [0.2, 0.25) is 0 Å². The molecule has 0 spiro atoms. The normalized spacial score (nSPS) is 11.2. The van der Waals surface area contributed by atoms with Crippen LogP contribution in [0, 0.1) is 12.7 Å². The summed E-state index contributed by atoms with van der Waals surface area (Å²) in [6.45, 7) is 2.11. The Morgan fingerprint density at radius 1 is 1.03 bits per heavy atom. The first kappa shape index (κ1) is 21.8. The van der Waals surface area contributed by atoms with Crippen LogP contribution in [0.25, 0.3) is 0 Å². The SMILES string of the molecule is Cc1ccc(S(=O)(=O)Nc2ccc(Cl)c(C(=O)N(C)Cc3ccc(F)cc3)c2)cc1. The van der Waals surface area contributed by atoms with E-state index in [1.807, 2.05) is 6.92 Å². The summed E-state index contributed by atoms with van der Waals surface area (Å²) in [6, 6.07) is 16.6. The van der Waals surface area contributed by atoms with Crippen LogP contribution in [-0.2, 0) is 16.6 Å². The second-order valence-corrected chi connectivity index (χ2v) is 8.99. The molecule has 0 bridgehead atoms. The van der Waals surface area contributed by atoms with Crippen LogP contribution in [0.2, 0.25) is 5.02 Å². The summed E-state index contributed by atoms with van der Waals surface area (Å²) in [5, 5.41) is 0.198. The number of nitrogens with zero attached hydrogens (tertiary/aromatic N) is 1. The average molecular weight is 447 g/mol. The maximum Gasteiger partial charge on any atom is 0.261 e. The molecule has 0 radical (unpaired) electrons. The topological polar surface area (TPSA) is 66.5 Å². The van der Waals surface area contributed by atoms with E-state index in [0.717, 1.165) is 11.1 Å². The summed E-state index contributed by atoms with van der Waals surface area (Å²) in [7, 11) is -2.22. The van der Waals surface area contributed by atoms with Crippen LogP contribution in [0.5, 0.6) is 0 Å². The number of hydrogen-bond donors (Lipinski definition) is 1. The molecule has 30 heavy (non-hydrogen) atoms. The Labute approximate surface area is 180 Å². The van der Waals surface area contributed by atoms with Gasteiger partial charge >= 0.3 is 0 Å². The zero-order valence-corrected chi connectivity index (χ0v) is 18.0. The Kier molecular flexibility index (Phi) is 6.43. The van der Waals surface area contributed by atoms with Gasteiger partial charge < -0.3 is 4.90 Å². The molecule has 0 aromatic heterocycles. The van der Waals surface area contributed by atoms with Gasteiger partial charge in [-0.25, -0.2) is 12.8 Å². The maximum absolute atomic E-state index is 13.1. The summed E-state index contributed by atoms with van der Waals surface area (Å²) in [5.41, 5.74) is 2.07. The van der Waals surface area contributed by atoms with Crippen molar-refractivity contribution in [3.63, 3.8) is 0 Å². The molecule has 1 N–H and O–H groups in total. The van der Waals surface area contributed by atoms with Gasteiger partial charge in [0.1, 0.15) is 5.82 Å². The lowest BCUT2D eigenvalue weighted by Gasteiger charge is -2.19. The van der Waals surface area contributed by atoms with Crippen molar-refractivity contribution in [1.29, 1.82) is 0 Å². The maximum atomic E-state index is 13.1. The van der Waals surface area contributed by atoms with Crippen molar-refractivity contribution in [2.45, 2.75) is 18.4 Å². The Balaban J connectivity index is 1.81. The van der Waals surface area contributed by atoms with Crippen molar-refractivity contribution in [1.82, 2.24) is 4.90 Å². The van der Waals surface area contributed by atoms with Crippen molar-refractivity contribution in [3.05, 3.63) is 94.3 Å². The quantitative estimate of drug-likeness (QED) is 0.588. The van der Waals surface area contributed by atoms with Gasteiger partial charge in [0.25, 0.3) is 15.9 Å². The average Bonchev–Trinajstić information content (AvgIpc) is 2.70. The van der Waals surface area contributed by atoms with E-state index in [0.29, 0.717) is 0 Å². The zero-order valence-electron chi connectivity index (χ0n) is 16.4. The van der Waals surface area contributed by atoms with Crippen LogP contribution >= 0.6 is 11.6 Å². The van der Waals surface area contributed by atoms with Crippen molar-refractivity contribution in [2.24, 2.45) is 0 Å². The Morgan fingerprint density at radius 2 is 1.67 bits per heavy atom. The molecule has 0 aliphatic rings. The minimum atomic E-state index is -3.81. The monoisotopic (exact) mass is 446 g/mol. The van der Waals surface area contributed by atoms with Crippen LogP contribution in [0.3, 0.4) is 0 Å². The van der Waals surface area contributed by atoms with Crippen molar-refractivity contribution < 1.29 is 17.6 Å². The molecule has 0 heterocycles. The van der Waals surface area contributed by atoms with Crippen LogP contribution < -0.4 is 4.72 Å². The van der Waals surface area contributed by atoms with E-state index in [4.69, 9.17) is 11.6 Å². The molecule has 0 atom stereocenters. The number of hydrogen-bond acceptors (Lipinski definition) is 3.